The number of ether oxygens (including phenoxy) is 1. The van der Waals surface area contributed by atoms with Gasteiger partial charge in [0, 0.05) is 0 Å². The average molecular weight is 261 g/mol. The number of carbonyl (C=O) groups excluding carboxylic acids is 1. The predicted molar refractivity (Wildman–Crippen MR) is 60.3 cm³/mol. The number of nitrogens with two attached hydrogens (primary N) is 1. The maximum Gasteiger partial charge on any atom is 0.320 e. The number of carbonyl (C=O) groups is 1. The van der Waals surface area contributed by atoms with Gasteiger partial charge < -0.3 is 10.5 Å². The van der Waals surface area contributed by atoms with E-state index in [2.05, 4.69) is 4.74 Å². The fourth-order valence-corrected chi connectivity index (χ4v) is 2.47. The van der Waals surface area contributed by atoms with E-state index in [0.717, 1.165) is 13.2 Å². The molecule has 7 heteroatoms. The first-order valence-corrected chi connectivity index (χ1v) is 6.47. The van der Waals surface area contributed by atoms with Crippen LogP contribution >= 0.6 is 0 Å². The lowest BCUT2D eigenvalue weighted by Gasteiger charge is -2.04. The molecule has 0 amide bonds. The Labute approximate surface area is 98.3 Å². The second kappa shape index (κ2) is 5.13. The smallest absolute Gasteiger partial charge is 0.320 e. The van der Waals surface area contributed by atoms with Crippen LogP contribution in [0, 0.1) is 5.82 Å². The minimum atomic E-state index is -3.66. The Morgan fingerprint density at radius 2 is 2.12 bits per heavy atom. The van der Waals surface area contributed by atoms with Gasteiger partial charge in [-0.05, 0) is 17.7 Å². The second-order valence-electron chi connectivity index (χ2n) is 3.46. The van der Waals surface area contributed by atoms with Gasteiger partial charge in [-0.1, -0.05) is 6.07 Å². The molecule has 0 fully saturated rings. The zero-order valence-electron chi connectivity index (χ0n) is 9.14. The van der Waals surface area contributed by atoms with E-state index in [-0.39, 0.29) is 11.3 Å². The van der Waals surface area contributed by atoms with Crippen LogP contribution < -0.4 is 5.73 Å². The first-order chi connectivity index (χ1) is 7.84. The molecule has 2 N–H and O–H groups in total. The van der Waals surface area contributed by atoms with Crippen LogP contribution in [0.1, 0.15) is 5.56 Å². The fourth-order valence-electron chi connectivity index (χ4n) is 1.20. The largest absolute Gasteiger partial charge is 0.468 e. The van der Waals surface area contributed by atoms with Gasteiger partial charge in [0.1, 0.15) is 11.6 Å². The van der Waals surface area contributed by atoms with Crippen LogP contribution in [0.3, 0.4) is 0 Å². The van der Waals surface area contributed by atoms with Crippen LogP contribution in [0.2, 0.25) is 0 Å². The Kier molecular flexibility index (Phi) is 4.06. The highest BCUT2D eigenvalue weighted by atomic mass is 32.2. The molecule has 17 heavy (non-hydrogen) atoms. The van der Waals surface area contributed by atoms with Crippen molar-refractivity contribution in [1.82, 2.24) is 0 Å². The molecule has 0 heterocycles. The van der Waals surface area contributed by atoms with Crippen LogP contribution in [-0.4, -0.2) is 27.2 Å². The van der Waals surface area contributed by atoms with Crippen LogP contribution in [0.25, 0.3) is 0 Å². The molecule has 0 saturated carbocycles. The van der Waals surface area contributed by atoms with Crippen molar-refractivity contribution in [3.8, 4) is 0 Å². The Morgan fingerprint density at radius 3 is 2.65 bits per heavy atom. The van der Waals surface area contributed by atoms with Gasteiger partial charge in [-0.25, -0.2) is 12.8 Å². The highest BCUT2D eigenvalue weighted by Gasteiger charge is 2.18. The normalized spacial score (nSPS) is 11.2. The van der Waals surface area contributed by atoms with E-state index >= 15 is 0 Å². The van der Waals surface area contributed by atoms with Crippen LogP contribution in [0.15, 0.2) is 18.2 Å². The number of methoxy groups -OCH3 is 1. The number of esters is 1. The first kappa shape index (κ1) is 13.4. The molecule has 0 aliphatic carbocycles. The minimum absolute atomic E-state index is 0.0564. The number of hydrogen-bond acceptors (Lipinski definition) is 5. The van der Waals surface area contributed by atoms with Crippen LogP contribution in [0.5, 0.6) is 0 Å². The summed E-state index contributed by atoms with van der Waals surface area (Å²) in [6.07, 6.45) is 0. The monoisotopic (exact) mass is 261 g/mol. The third-order valence-corrected chi connectivity index (χ3v) is 3.47. The SMILES string of the molecule is COC(=O)CS(=O)(=O)Cc1ccc(N)c(F)c1. The number of halogens is 1. The van der Waals surface area contributed by atoms with Gasteiger partial charge in [-0.3, -0.25) is 4.79 Å². The fraction of sp³-hybridized carbons (Fsp3) is 0.300. The molecule has 1 aromatic carbocycles. The average Bonchev–Trinajstić information content (AvgIpc) is 2.22. The first-order valence-electron chi connectivity index (χ1n) is 4.65. The zero-order valence-corrected chi connectivity index (χ0v) is 9.96. The molecular formula is C10H12FNO4S. The van der Waals surface area contributed by atoms with Crippen molar-refractivity contribution in [3.63, 3.8) is 0 Å². The number of anilines is 1. The molecule has 1 rings (SSSR count). The molecule has 5 nitrogen and oxygen atoms in total. The Morgan fingerprint density at radius 1 is 1.47 bits per heavy atom. The van der Waals surface area contributed by atoms with Crippen molar-refractivity contribution in [2.45, 2.75) is 5.75 Å². The predicted octanol–water partition coefficient (Wildman–Crippen LogP) is 0.496. The molecule has 0 saturated heterocycles. The van der Waals surface area contributed by atoms with Crippen LogP contribution in [-0.2, 0) is 25.1 Å². The van der Waals surface area contributed by atoms with Crippen molar-refractivity contribution < 1.29 is 22.3 Å². The molecule has 0 spiro atoms. The summed E-state index contributed by atoms with van der Waals surface area (Å²) < 4.78 is 40.3. The highest BCUT2D eigenvalue weighted by molar-refractivity contribution is 7.91. The van der Waals surface area contributed by atoms with Crippen molar-refractivity contribution in [1.29, 1.82) is 0 Å². The number of sulfone groups is 1. The van der Waals surface area contributed by atoms with Gasteiger partial charge in [-0.15, -0.1) is 0 Å². The summed E-state index contributed by atoms with van der Waals surface area (Å²) in [4.78, 5) is 10.8. The topological polar surface area (TPSA) is 86.5 Å². The van der Waals surface area contributed by atoms with Crippen molar-refractivity contribution in [2.24, 2.45) is 0 Å². The van der Waals surface area contributed by atoms with E-state index in [1.807, 2.05) is 0 Å². The van der Waals surface area contributed by atoms with E-state index < -0.39 is 33.1 Å². The summed E-state index contributed by atoms with van der Waals surface area (Å²) in [5.74, 6) is -2.69. The summed E-state index contributed by atoms with van der Waals surface area (Å²) in [5.41, 5.74) is 5.44. The minimum Gasteiger partial charge on any atom is -0.468 e. The summed E-state index contributed by atoms with van der Waals surface area (Å²) in [6.45, 7) is 0. The molecule has 0 aromatic heterocycles. The lowest BCUT2D eigenvalue weighted by Crippen LogP contribution is -2.18. The molecule has 0 unspecified atom stereocenters. The summed E-state index contributed by atoms with van der Waals surface area (Å²) in [7, 11) is -2.56. The van der Waals surface area contributed by atoms with Gasteiger partial charge in [-0.2, -0.15) is 0 Å². The van der Waals surface area contributed by atoms with Gasteiger partial charge >= 0.3 is 5.97 Å². The lowest BCUT2D eigenvalue weighted by molar-refractivity contribution is -0.137. The van der Waals surface area contributed by atoms with Crippen LogP contribution in [0.4, 0.5) is 10.1 Å². The molecule has 0 aliphatic heterocycles. The number of rotatable bonds is 4. The highest BCUT2D eigenvalue weighted by Crippen LogP contribution is 2.14. The number of benzene rings is 1. The van der Waals surface area contributed by atoms with Gasteiger partial charge in [0.2, 0.25) is 0 Å². The molecule has 1 aromatic rings. The molecule has 0 radical (unpaired) electrons. The van der Waals surface area contributed by atoms with E-state index in [9.17, 15) is 17.6 Å². The Balaban J connectivity index is 2.83. The van der Waals surface area contributed by atoms with E-state index in [1.54, 1.807) is 0 Å². The summed E-state index contributed by atoms with van der Waals surface area (Å²) >= 11 is 0. The van der Waals surface area contributed by atoms with E-state index in [1.165, 1.54) is 12.1 Å². The van der Waals surface area contributed by atoms with Gasteiger partial charge in [0.25, 0.3) is 0 Å². The Hall–Kier alpha value is -1.63. The summed E-state index contributed by atoms with van der Waals surface area (Å²) in [5, 5.41) is 0. The standard InChI is InChI=1S/C10H12FNO4S/c1-16-10(13)6-17(14,15)5-7-2-3-9(12)8(11)4-7/h2-4H,5-6,12H2,1H3. The Bertz CT molecular complexity index is 527. The summed E-state index contributed by atoms with van der Waals surface area (Å²) in [6, 6.07) is 3.70. The van der Waals surface area contributed by atoms with Gasteiger partial charge in [0.15, 0.2) is 9.84 Å². The van der Waals surface area contributed by atoms with Gasteiger partial charge in [0.05, 0.1) is 18.6 Å². The van der Waals surface area contributed by atoms with E-state index in [4.69, 9.17) is 5.73 Å². The third kappa shape index (κ3) is 4.03. The molecule has 94 valence electrons. The molecule has 0 atom stereocenters. The molecule has 0 aliphatic rings. The lowest BCUT2D eigenvalue weighted by atomic mass is 10.2. The van der Waals surface area contributed by atoms with Crippen molar-refractivity contribution in [2.75, 3.05) is 18.6 Å². The maximum absolute atomic E-state index is 13.1. The third-order valence-electron chi connectivity index (χ3n) is 2.02. The number of nitrogen functional groups attached to an aromatic ring is 1. The quantitative estimate of drug-likeness (QED) is 0.630. The maximum atomic E-state index is 13.1. The van der Waals surface area contributed by atoms with Crippen molar-refractivity contribution in [3.05, 3.63) is 29.6 Å². The zero-order chi connectivity index (χ0) is 13.1. The van der Waals surface area contributed by atoms with Crippen molar-refractivity contribution >= 4 is 21.5 Å². The number of hydrogen-bond donors (Lipinski definition) is 1. The molecular weight excluding hydrogens is 249 g/mol. The second-order valence-corrected chi connectivity index (χ2v) is 5.53. The van der Waals surface area contributed by atoms with E-state index in [0.29, 0.717) is 0 Å². The molecule has 0 bridgehead atoms.